The Balaban J connectivity index is 0.000000231. The maximum absolute atomic E-state index is 8.29. The molecule has 0 saturated carbocycles. The fourth-order valence-corrected chi connectivity index (χ4v) is 1.78. The van der Waals surface area contributed by atoms with Crippen molar-refractivity contribution in [1.29, 1.82) is 5.26 Å². The third-order valence-electron chi connectivity index (χ3n) is 2.73. The van der Waals surface area contributed by atoms with E-state index in [0.717, 1.165) is 11.1 Å². The number of hydrogen-bond donors (Lipinski definition) is 3. The normalized spacial score (nSPS) is 10.9. The predicted molar refractivity (Wildman–Crippen MR) is 99.6 cm³/mol. The van der Waals surface area contributed by atoms with Crippen molar-refractivity contribution < 1.29 is 0 Å². The summed E-state index contributed by atoms with van der Waals surface area (Å²) in [5.41, 5.74) is 19.5. The molecule has 23 heavy (non-hydrogen) atoms. The van der Waals surface area contributed by atoms with Gasteiger partial charge in [0.2, 0.25) is 0 Å². The van der Waals surface area contributed by atoms with Gasteiger partial charge in [-0.3, -0.25) is 0 Å². The SMILES string of the molecule is N#C/C=C(/N)c1ccccc1.NC(=S)/C=C(/N)c1ccccc1. The van der Waals surface area contributed by atoms with Crippen molar-refractivity contribution in [1.82, 2.24) is 0 Å². The van der Waals surface area contributed by atoms with Crippen LogP contribution in [0.2, 0.25) is 0 Å². The van der Waals surface area contributed by atoms with E-state index in [-0.39, 0.29) is 0 Å². The molecule has 2 aromatic carbocycles. The summed E-state index contributed by atoms with van der Waals surface area (Å²) in [6.07, 6.45) is 2.90. The second-order valence-corrected chi connectivity index (χ2v) is 4.93. The number of thiocarbonyl (C=S) groups is 1. The minimum Gasteiger partial charge on any atom is -0.398 e. The second-order valence-electron chi connectivity index (χ2n) is 4.46. The molecule has 0 aromatic heterocycles. The summed E-state index contributed by atoms with van der Waals surface area (Å²) >= 11 is 4.69. The first kappa shape index (κ1) is 18.0. The molecule has 2 rings (SSSR count). The van der Waals surface area contributed by atoms with Gasteiger partial charge in [-0.1, -0.05) is 72.9 Å². The first-order valence-electron chi connectivity index (χ1n) is 6.77. The van der Waals surface area contributed by atoms with Gasteiger partial charge in [0.15, 0.2) is 0 Å². The molecular weight excluding hydrogens is 304 g/mol. The van der Waals surface area contributed by atoms with Crippen LogP contribution in [0.25, 0.3) is 11.4 Å². The quantitative estimate of drug-likeness (QED) is 0.458. The van der Waals surface area contributed by atoms with Gasteiger partial charge in [-0.25, -0.2) is 0 Å². The Morgan fingerprint density at radius 2 is 1.26 bits per heavy atom. The zero-order valence-electron chi connectivity index (χ0n) is 12.5. The van der Waals surface area contributed by atoms with Crippen molar-refractivity contribution in [2.75, 3.05) is 0 Å². The van der Waals surface area contributed by atoms with E-state index in [0.29, 0.717) is 16.4 Å². The van der Waals surface area contributed by atoms with Crippen molar-refractivity contribution in [2.45, 2.75) is 0 Å². The summed E-state index contributed by atoms with van der Waals surface area (Å²) in [6, 6.07) is 20.8. The second kappa shape index (κ2) is 9.77. The first-order valence-corrected chi connectivity index (χ1v) is 7.18. The van der Waals surface area contributed by atoms with E-state index in [1.807, 2.05) is 66.7 Å². The van der Waals surface area contributed by atoms with E-state index in [9.17, 15) is 0 Å². The van der Waals surface area contributed by atoms with E-state index in [4.69, 9.17) is 34.7 Å². The number of hydrogen-bond acceptors (Lipinski definition) is 4. The standard InChI is InChI=1S/C9H10N2S.C9H8N2/c10-8(6-9(11)12)7-4-2-1-3-5-7;10-7-6-9(11)8-4-2-1-3-5-8/h1-6H,10H2,(H2,11,12);1-6H,11H2/b8-6+;9-6+. The number of rotatable bonds is 3. The molecule has 6 N–H and O–H groups in total. The molecule has 0 saturated heterocycles. The topological polar surface area (TPSA) is 102 Å². The molecule has 0 aliphatic carbocycles. The largest absolute Gasteiger partial charge is 0.398 e. The average molecular weight is 322 g/mol. The lowest BCUT2D eigenvalue weighted by atomic mass is 10.1. The van der Waals surface area contributed by atoms with Crippen LogP contribution in [0.1, 0.15) is 11.1 Å². The Bertz CT molecular complexity index is 729. The van der Waals surface area contributed by atoms with Crippen LogP contribution < -0.4 is 17.2 Å². The van der Waals surface area contributed by atoms with Crippen molar-refractivity contribution in [2.24, 2.45) is 17.2 Å². The number of nitriles is 1. The minimum absolute atomic E-state index is 0.302. The Labute approximate surface area is 141 Å². The Morgan fingerprint density at radius 1 is 0.826 bits per heavy atom. The molecule has 2 aromatic rings. The number of nitrogens with two attached hydrogens (primary N) is 3. The lowest BCUT2D eigenvalue weighted by Gasteiger charge is -1.99. The van der Waals surface area contributed by atoms with Gasteiger partial charge in [0.05, 0.1) is 11.1 Å². The summed E-state index contributed by atoms with van der Waals surface area (Å²) in [7, 11) is 0. The Hall–Kier alpha value is -3.10. The third-order valence-corrected chi connectivity index (χ3v) is 2.85. The molecule has 0 aliphatic heterocycles. The molecule has 0 aliphatic rings. The first-order chi connectivity index (χ1) is 11.0. The van der Waals surface area contributed by atoms with E-state index < -0.39 is 0 Å². The van der Waals surface area contributed by atoms with Crippen LogP contribution in [-0.2, 0) is 0 Å². The van der Waals surface area contributed by atoms with E-state index in [1.165, 1.54) is 6.08 Å². The van der Waals surface area contributed by atoms with Gasteiger partial charge in [0.25, 0.3) is 0 Å². The van der Waals surface area contributed by atoms with Crippen LogP contribution >= 0.6 is 12.2 Å². The van der Waals surface area contributed by atoms with Gasteiger partial charge >= 0.3 is 0 Å². The highest BCUT2D eigenvalue weighted by atomic mass is 32.1. The molecule has 0 unspecified atom stereocenters. The monoisotopic (exact) mass is 322 g/mol. The molecule has 4 nitrogen and oxygen atoms in total. The van der Waals surface area contributed by atoms with Gasteiger partial charge in [-0.2, -0.15) is 5.26 Å². The maximum atomic E-state index is 8.29. The van der Waals surface area contributed by atoms with Gasteiger partial charge < -0.3 is 17.2 Å². The van der Waals surface area contributed by atoms with Gasteiger partial charge in [0, 0.05) is 17.5 Å². The lowest BCUT2D eigenvalue weighted by molar-refractivity contribution is 1.49. The van der Waals surface area contributed by atoms with Crippen molar-refractivity contribution in [3.63, 3.8) is 0 Å². The zero-order valence-corrected chi connectivity index (χ0v) is 13.3. The van der Waals surface area contributed by atoms with Crippen LogP contribution in [0, 0.1) is 11.3 Å². The number of allylic oxidation sites excluding steroid dienone is 1. The number of nitrogens with zero attached hydrogens (tertiary/aromatic N) is 1. The van der Waals surface area contributed by atoms with E-state index in [1.54, 1.807) is 6.08 Å². The van der Waals surface area contributed by atoms with Crippen LogP contribution in [0.15, 0.2) is 72.8 Å². The summed E-state index contributed by atoms with van der Waals surface area (Å²) in [5, 5.41) is 8.29. The summed E-state index contributed by atoms with van der Waals surface area (Å²) in [5.74, 6) is 0. The van der Waals surface area contributed by atoms with Crippen LogP contribution in [0.3, 0.4) is 0 Å². The third kappa shape index (κ3) is 6.93. The average Bonchev–Trinajstić information content (AvgIpc) is 2.57. The van der Waals surface area contributed by atoms with Crippen molar-refractivity contribution >= 4 is 28.6 Å². The van der Waals surface area contributed by atoms with Gasteiger partial charge in [-0.05, 0) is 17.2 Å². The highest BCUT2D eigenvalue weighted by Crippen LogP contribution is 2.07. The van der Waals surface area contributed by atoms with Gasteiger partial charge in [0.1, 0.15) is 0 Å². The molecule has 0 heterocycles. The fraction of sp³-hybridized carbons (Fsp3) is 0. The fourth-order valence-electron chi connectivity index (χ4n) is 1.65. The molecule has 5 heteroatoms. The molecule has 0 amide bonds. The van der Waals surface area contributed by atoms with Crippen molar-refractivity contribution in [3.8, 4) is 6.07 Å². The number of benzene rings is 2. The highest BCUT2D eigenvalue weighted by molar-refractivity contribution is 7.80. The lowest BCUT2D eigenvalue weighted by Crippen LogP contribution is -2.07. The molecular formula is C18H18N4S. The predicted octanol–water partition coefficient (Wildman–Crippen LogP) is 2.78. The molecule has 0 atom stereocenters. The van der Waals surface area contributed by atoms with Crippen LogP contribution in [0.5, 0.6) is 0 Å². The molecule has 0 radical (unpaired) electrons. The minimum atomic E-state index is 0.302. The van der Waals surface area contributed by atoms with Crippen LogP contribution in [0.4, 0.5) is 0 Å². The Morgan fingerprint density at radius 3 is 1.65 bits per heavy atom. The van der Waals surface area contributed by atoms with E-state index >= 15 is 0 Å². The molecule has 0 spiro atoms. The molecule has 0 bridgehead atoms. The van der Waals surface area contributed by atoms with E-state index in [2.05, 4.69) is 0 Å². The highest BCUT2D eigenvalue weighted by Gasteiger charge is 1.93. The smallest absolute Gasteiger partial charge is 0.0982 e. The maximum Gasteiger partial charge on any atom is 0.0982 e. The van der Waals surface area contributed by atoms with Crippen molar-refractivity contribution in [3.05, 3.63) is 83.9 Å². The Kier molecular flexibility index (Phi) is 7.62. The molecule has 116 valence electrons. The van der Waals surface area contributed by atoms with Gasteiger partial charge in [-0.15, -0.1) is 0 Å². The summed E-state index contributed by atoms with van der Waals surface area (Å²) in [4.78, 5) is 0.302. The summed E-state index contributed by atoms with van der Waals surface area (Å²) in [6.45, 7) is 0. The van der Waals surface area contributed by atoms with Crippen LogP contribution in [-0.4, -0.2) is 4.99 Å². The zero-order chi connectivity index (χ0) is 17.1. The molecule has 0 fully saturated rings. The summed E-state index contributed by atoms with van der Waals surface area (Å²) < 4.78 is 0.